The highest BCUT2D eigenvalue weighted by atomic mass is 16.4. The van der Waals surface area contributed by atoms with Gasteiger partial charge >= 0.3 is 0 Å². The largest absolute Gasteiger partial charge is 0.423 e. The Bertz CT molecular complexity index is 930. The molecule has 1 amide bonds. The highest BCUT2D eigenvalue weighted by Crippen LogP contribution is 2.28. The lowest BCUT2D eigenvalue weighted by molar-refractivity contribution is -0.131. The highest BCUT2D eigenvalue weighted by molar-refractivity contribution is 5.87. The van der Waals surface area contributed by atoms with Gasteiger partial charge in [0.1, 0.15) is 11.6 Å². The molecule has 0 radical (unpaired) electrons. The minimum Gasteiger partial charge on any atom is -0.423 e. The molecule has 0 bridgehead atoms. The zero-order valence-corrected chi connectivity index (χ0v) is 15.7. The number of hydrogen-bond acceptors (Lipinski definition) is 5. The summed E-state index contributed by atoms with van der Waals surface area (Å²) in [6.45, 7) is 1.66. The third kappa shape index (κ3) is 3.60. The maximum absolute atomic E-state index is 13.1. The van der Waals surface area contributed by atoms with E-state index in [4.69, 9.17) is 4.42 Å². The molecule has 1 aliphatic heterocycles. The molecule has 1 saturated heterocycles. The van der Waals surface area contributed by atoms with Crippen molar-refractivity contribution >= 4 is 28.7 Å². The molecule has 0 saturated carbocycles. The first-order chi connectivity index (χ1) is 13.1. The zero-order chi connectivity index (χ0) is 18.8. The van der Waals surface area contributed by atoms with Crippen LogP contribution >= 0.6 is 0 Å². The van der Waals surface area contributed by atoms with Crippen molar-refractivity contribution < 1.29 is 9.21 Å². The molecule has 0 aliphatic carbocycles. The van der Waals surface area contributed by atoms with E-state index in [0.29, 0.717) is 6.01 Å². The van der Waals surface area contributed by atoms with Gasteiger partial charge in [-0.3, -0.25) is 4.79 Å². The second-order valence-electron chi connectivity index (χ2n) is 7.09. The van der Waals surface area contributed by atoms with Crippen LogP contribution in [0.15, 0.2) is 52.9 Å². The van der Waals surface area contributed by atoms with Crippen molar-refractivity contribution in [3.05, 3.63) is 54.1 Å². The summed E-state index contributed by atoms with van der Waals surface area (Å²) >= 11 is 0. The van der Waals surface area contributed by atoms with E-state index in [9.17, 15) is 4.79 Å². The molecular weight excluding hydrogens is 340 g/mol. The molecule has 1 aromatic heterocycles. The van der Waals surface area contributed by atoms with Crippen molar-refractivity contribution in [1.29, 1.82) is 0 Å². The van der Waals surface area contributed by atoms with Gasteiger partial charge in [-0.15, -0.1) is 0 Å². The van der Waals surface area contributed by atoms with Crippen LogP contribution in [0.25, 0.3) is 11.1 Å². The third-order valence-electron chi connectivity index (χ3n) is 4.87. The molecule has 3 aromatic rings. The van der Waals surface area contributed by atoms with Crippen LogP contribution in [0.5, 0.6) is 0 Å². The summed E-state index contributed by atoms with van der Waals surface area (Å²) in [5.74, 6) is 0.118. The topological polar surface area (TPSA) is 61.6 Å². The van der Waals surface area contributed by atoms with Gasteiger partial charge in [0.05, 0.1) is 0 Å². The Morgan fingerprint density at radius 2 is 1.89 bits per heavy atom. The number of carbonyl (C=O) groups excluding carboxylic acids is 1. The predicted octanol–water partition coefficient (Wildman–Crippen LogP) is 3.67. The third-order valence-corrected chi connectivity index (χ3v) is 4.87. The molecule has 6 heteroatoms. The van der Waals surface area contributed by atoms with Gasteiger partial charge < -0.3 is 19.5 Å². The van der Waals surface area contributed by atoms with Crippen LogP contribution in [0.1, 0.15) is 24.4 Å². The van der Waals surface area contributed by atoms with Crippen LogP contribution in [0.4, 0.5) is 11.7 Å². The maximum Gasteiger partial charge on any atom is 0.297 e. The van der Waals surface area contributed by atoms with Crippen molar-refractivity contribution in [3.8, 4) is 0 Å². The van der Waals surface area contributed by atoms with Gasteiger partial charge in [-0.2, -0.15) is 4.98 Å². The van der Waals surface area contributed by atoms with E-state index in [2.05, 4.69) is 10.3 Å². The standard InChI is InChI=1S/C21H24N4O2/c1-24(2)21-23-17-14-16(10-11-18(17)27-21)22-19(15-8-4-3-5-9-15)20(26)25-12-6-7-13-25/h3-5,8-11,14,19,22H,6-7,12-13H2,1-2H3/t19-/m0/s1. The van der Waals surface area contributed by atoms with Crippen molar-refractivity contribution in [2.24, 2.45) is 0 Å². The second kappa shape index (κ2) is 7.31. The number of likely N-dealkylation sites (tertiary alicyclic amines) is 1. The van der Waals surface area contributed by atoms with Gasteiger partial charge in [-0.05, 0) is 36.6 Å². The number of amides is 1. The Balaban J connectivity index is 1.64. The molecule has 4 rings (SSSR count). The second-order valence-corrected chi connectivity index (χ2v) is 7.09. The maximum atomic E-state index is 13.1. The van der Waals surface area contributed by atoms with E-state index in [-0.39, 0.29) is 5.91 Å². The normalized spacial score (nSPS) is 15.1. The average molecular weight is 364 g/mol. The molecule has 1 aliphatic rings. The number of oxazole rings is 1. The molecule has 1 atom stereocenters. The Hall–Kier alpha value is -3.02. The lowest BCUT2D eigenvalue weighted by Crippen LogP contribution is -2.36. The summed E-state index contributed by atoms with van der Waals surface area (Å²) in [7, 11) is 3.79. The van der Waals surface area contributed by atoms with Gasteiger partial charge in [-0.1, -0.05) is 30.3 Å². The van der Waals surface area contributed by atoms with Gasteiger partial charge in [0.25, 0.3) is 6.01 Å². The number of benzene rings is 2. The number of anilines is 2. The van der Waals surface area contributed by atoms with Crippen LogP contribution in [0, 0.1) is 0 Å². The van der Waals surface area contributed by atoms with E-state index in [0.717, 1.165) is 48.3 Å². The number of rotatable bonds is 5. The average Bonchev–Trinajstić information content (AvgIpc) is 3.35. The van der Waals surface area contributed by atoms with Crippen molar-refractivity contribution in [1.82, 2.24) is 9.88 Å². The Morgan fingerprint density at radius 3 is 2.59 bits per heavy atom. The lowest BCUT2D eigenvalue weighted by atomic mass is 10.0. The SMILES string of the molecule is CN(C)c1nc2cc(N[C@H](C(=O)N3CCCC3)c3ccccc3)ccc2o1. The summed E-state index contributed by atoms with van der Waals surface area (Å²) in [4.78, 5) is 21.4. The minimum absolute atomic E-state index is 0.118. The summed E-state index contributed by atoms with van der Waals surface area (Å²) < 4.78 is 5.71. The highest BCUT2D eigenvalue weighted by Gasteiger charge is 2.27. The fraction of sp³-hybridized carbons (Fsp3) is 0.333. The molecule has 6 nitrogen and oxygen atoms in total. The van der Waals surface area contributed by atoms with E-state index in [1.165, 1.54) is 0 Å². The fourth-order valence-electron chi connectivity index (χ4n) is 3.42. The lowest BCUT2D eigenvalue weighted by Gasteiger charge is -2.25. The molecule has 2 aromatic carbocycles. The molecule has 27 heavy (non-hydrogen) atoms. The molecule has 0 unspecified atom stereocenters. The van der Waals surface area contributed by atoms with Gasteiger partial charge in [-0.25, -0.2) is 0 Å². The van der Waals surface area contributed by atoms with Crippen molar-refractivity contribution in [3.63, 3.8) is 0 Å². The van der Waals surface area contributed by atoms with Crippen LogP contribution in [-0.2, 0) is 4.79 Å². The van der Waals surface area contributed by atoms with Crippen molar-refractivity contribution in [2.75, 3.05) is 37.4 Å². The summed E-state index contributed by atoms with van der Waals surface area (Å²) in [5, 5.41) is 3.42. The number of carbonyl (C=O) groups is 1. The van der Waals surface area contributed by atoms with E-state index < -0.39 is 6.04 Å². The zero-order valence-electron chi connectivity index (χ0n) is 15.7. The predicted molar refractivity (Wildman–Crippen MR) is 107 cm³/mol. The van der Waals surface area contributed by atoms with Gasteiger partial charge in [0.15, 0.2) is 5.58 Å². The molecular formula is C21H24N4O2. The summed E-state index contributed by atoms with van der Waals surface area (Å²) in [5.41, 5.74) is 3.31. The first-order valence-corrected chi connectivity index (χ1v) is 9.30. The Kier molecular flexibility index (Phi) is 4.71. The van der Waals surface area contributed by atoms with Crippen LogP contribution in [0.2, 0.25) is 0 Å². The van der Waals surface area contributed by atoms with Crippen LogP contribution in [-0.4, -0.2) is 43.0 Å². The van der Waals surface area contributed by atoms with E-state index >= 15 is 0 Å². The molecule has 1 fully saturated rings. The summed E-state index contributed by atoms with van der Waals surface area (Å²) in [6.07, 6.45) is 2.15. The Labute approximate surface area is 158 Å². The first-order valence-electron chi connectivity index (χ1n) is 9.30. The van der Waals surface area contributed by atoms with Gasteiger partial charge in [0, 0.05) is 32.9 Å². The molecule has 1 N–H and O–H groups in total. The van der Waals surface area contributed by atoms with Crippen LogP contribution in [0.3, 0.4) is 0 Å². The minimum atomic E-state index is -0.415. The number of nitrogens with zero attached hydrogens (tertiary/aromatic N) is 3. The quantitative estimate of drug-likeness (QED) is 0.748. The molecule has 2 heterocycles. The number of aromatic nitrogens is 1. The van der Waals surface area contributed by atoms with Crippen molar-refractivity contribution in [2.45, 2.75) is 18.9 Å². The fourth-order valence-corrected chi connectivity index (χ4v) is 3.42. The molecule has 140 valence electrons. The van der Waals surface area contributed by atoms with Crippen LogP contribution < -0.4 is 10.2 Å². The molecule has 0 spiro atoms. The van der Waals surface area contributed by atoms with Gasteiger partial charge in [0.2, 0.25) is 5.91 Å². The Morgan fingerprint density at radius 1 is 1.15 bits per heavy atom. The monoisotopic (exact) mass is 364 g/mol. The number of nitrogens with one attached hydrogen (secondary N) is 1. The number of fused-ring (bicyclic) bond motifs is 1. The van der Waals surface area contributed by atoms with E-state index in [1.807, 2.05) is 72.4 Å². The van der Waals surface area contributed by atoms with E-state index in [1.54, 1.807) is 0 Å². The first kappa shape index (κ1) is 17.4. The smallest absolute Gasteiger partial charge is 0.297 e. The number of hydrogen-bond donors (Lipinski definition) is 1. The summed E-state index contributed by atoms with van der Waals surface area (Å²) in [6, 6.07) is 15.8.